The van der Waals surface area contributed by atoms with Crippen LogP contribution in [-0.2, 0) is 4.74 Å². The number of hydrogen-bond acceptors (Lipinski definition) is 5. The second-order valence-electron chi connectivity index (χ2n) is 6.92. The molecular formula is C17H25N3O4. The van der Waals surface area contributed by atoms with Crippen LogP contribution in [0.4, 0.5) is 16.2 Å². The van der Waals surface area contributed by atoms with Gasteiger partial charge in [-0.2, -0.15) is 0 Å². The summed E-state index contributed by atoms with van der Waals surface area (Å²) in [5.74, 6) is 0.593. The molecule has 0 atom stereocenters. The summed E-state index contributed by atoms with van der Waals surface area (Å²) in [6, 6.07) is 6.71. The fraction of sp³-hybridized carbons (Fsp3) is 0.588. The first-order valence-corrected chi connectivity index (χ1v) is 8.25. The normalized spacial score (nSPS) is 16.0. The fourth-order valence-corrected chi connectivity index (χ4v) is 3.14. The Bertz CT molecular complexity index is 578. The van der Waals surface area contributed by atoms with Gasteiger partial charge in [-0.25, -0.2) is 4.79 Å². The lowest BCUT2D eigenvalue weighted by Gasteiger charge is -2.35. The highest BCUT2D eigenvalue weighted by atomic mass is 16.6. The summed E-state index contributed by atoms with van der Waals surface area (Å²) < 4.78 is 5.12. The van der Waals surface area contributed by atoms with Gasteiger partial charge in [0.05, 0.1) is 4.92 Å². The van der Waals surface area contributed by atoms with Crippen molar-refractivity contribution in [2.45, 2.75) is 45.1 Å². The second kappa shape index (κ2) is 7.51. The lowest BCUT2D eigenvalue weighted by Crippen LogP contribution is -2.35. The third-order valence-electron chi connectivity index (χ3n) is 4.57. The molecule has 7 nitrogen and oxygen atoms in total. The van der Waals surface area contributed by atoms with Crippen LogP contribution >= 0.6 is 0 Å². The average molecular weight is 335 g/mol. The molecule has 132 valence electrons. The van der Waals surface area contributed by atoms with Gasteiger partial charge >= 0.3 is 6.09 Å². The number of non-ortho nitro benzene ring substituents is 1. The van der Waals surface area contributed by atoms with E-state index in [9.17, 15) is 14.9 Å². The predicted molar refractivity (Wildman–Crippen MR) is 92.0 cm³/mol. The summed E-state index contributed by atoms with van der Waals surface area (Å²) in [7, 11) is 0. The van der Waals surface area contributed by atoms with E-state index in [1.54, 1.807) is 12.1 Å². The summed E-state index contributed by atoms with van der Waals surface area (Å²) in [4.78, 5) is 23.5. The number of hydrogen-bond donors (Lipinski definition) is 1. The highest BCUT2D eigenvalue weighted by Crippen LogP contribution is 2.29. The molecule has 0 aromatic heterocycles. The summed E-state index contributed by atoms with van der Waals surface area (Å²) in [5, 5.41) is 10.7. The number of nitro groups is 1. The Morgan fingerprint density at radius 1 is 1.33 bits per heavy atom. The van der Waals surface area contributed by atoms with Crippen molar-refractivity contribution in [3.8, 4) is 0 Å². The molecule has 2 rings (SSSR count). The molecule has 0 radical (unpaired) electrons. The first-order chi connectivity index (χ1) is 11.3. The van der Waals surface area contributed by atoms with Crippen molar-refractivity contribution in [3.05, 3.63) is 34.4 Å². The van der Waals surface area contributed by atoms with Crippen LogP contribution in [0, 0.1) is 16.0 Å². The first-order valence-electron chi connectivity index (χ1n) is 8.25. The number of piperidine rings is 1. The number of nitrogens with two attached hydrogens (primary N) is 1. The van der Waals surface area contributed by atoms with Gasteiger partial charge in [0, 0.05) is 30.9 Å². The SMILES string of the molecule is CC(C)(CCC1CCN(c2ccc([N+](=O)[O-])cc2)CC1)OC(N)=O. The van der Waals surface area contributed by atoms with E-state index in [0.717, 1.165) is 44.5 Å². The van der Waals surface area contributed by atoms with Crippen LogP contribution in [0.1, 0.15) is 39.5 Å². The van der Waals surface area contributed by atoms with E-state index in [1.165, 1.54) is 0 Å². The van der Waals surface area contributed by atoms with Gasteiger partial charge in [0.15, 0.2) is 0 Å². The van der Waals surface area contributed by atoms with E-state index in [-0.39, 0.29) is 10.6 Å². The van der Waals surface area contributed by atoms with Crippen molar-refractivity contribution >= 4 is 17.5 Å². The van der Waals surface area contributed by atoms with E-state index in [0.29, 0.717) is 5.92 Å². The van der Waals surface area contributed by atoms with Gasteiger partial charge < -0.3 is 15.4 Å². The molecule has 24 heavy (non-hydrogen) atoms. The molecule has 1 heterocycles. The molecule has 1 aromatic carbocycles. The maximum absolute atomic E-state index is 10.9. The van der Waals surface area contributed by atoms with E-state index >= 15 is 0 Å². The van der Waals surface area contributed by atoms with Crippen LogP contribution < -0.4 is 10.6 Å². The van der Waals surface area contributed by atoms with Crippen LogP contribution in [0.25, 0.3) is 0 Å². The Kier molecular flexibility index (Phi) is 5.64. The van der Waals surface area contributed by atoms with Gasteiger partial charge in [-0.3, -0.25) is 10.1 Å². The Balaban J connectivity index is 1.81. The van der Waals surface area contributed by atoms with Gasteiger partial charge in [0.1, 0.15) is 5.60 Å². The summed E-state index contributed by atoms with van der Waals surface area (Å²) in [6.07, 6.45) is 3.17. The lowest BCUT2D eigenvalue weighted by molar-refractivity contribution is -0.384. The zero-order chi connectivity index (χ0) is 17.7. The zero-order valence-electron chi connectivity index (χ0n) is 14.2. The van der Waals surface area contributed by atoms with Crippen LogP contribution in [-0.4, -0.2) is 29.7 Å². The Morgan fingerprint density at radius 2 is 1.92 bits per heavy atom. The third kappa shape index (κ3) is 5.11. The number of benzene rings is 1. The van der Waals surface area contributed by atoms with Crippen molar-refractivity contribution in [2.75, 3.05) is 18.0 Å². The number of rotatable bonds is 6. The van der Waals surface area contributed by atoms with Crippen molar-refractivity contribution < 1.29 is 14.5 Å². The molecule has 0 aliphatic carbocycles. The molecule has 0 bridgehead atoms. The maximum Gasteiger partial charge on any atom is 0.405 e. The van der Waals surface area contributed by atoms with Crippen LogP contribution in [0.3, 0.4) is 0 Å². The van der Waals surface area contributed by atoms with Crippen molar-refractivity contribution in [1.82, 2.24) is 0 Å². The van der Waals surface area contributed by atoms with Crippen molar-refractivity contribution in [1.29, 1.82) is 0 Å². The minimum absolute atomic E-state index is 0.116. The minimum Gasteiger partial charge on any atom is -0.444 e. The molecule has 1 fully saturated rings. The van der Waals surface area contributed by atoms with Crippen LogP contribution in [0.2, 0.25) is 0 Å². The van der Waals surface area contributed by atoms with Gasteiger partial charge in [0.25, 0.3) is 5.69 Å². The summed E-state index contributed by atoms with van der Waals surface area (Å²) >= 11 is 0. The van der Waals surface area contributed by atoms with Gasteiger partial charge in [-0.1, -0.05) is 0 Å². The number of ether oxygens (including phenoxy) is 1. The van der Waals surface area contributed by atoms with Gasteiger partial charge in [-0.05, 0) is 57.6 Å². The number of carbonyl (C=O) groups is 1. The minimum atomic E-state index is -0.729. The highest BCUT2D eigenvalue weighted by molar-refractivity contribution is 5.65. The Labute approximate surface area is 141 Å². The molecule has 1 aliphatic rings. The standard InChI is InChI=1S/C17H25N3O4/c1-17(2,24-16(18)21)10-7-13-8-11-19(12-9-13)14-3-5-15(6-4-14)20(22)23/h3-6,13H,7-12H2,1-2H3,(H2,18,21). The lowest BCUT2D eigenvalue weighted by atomic mass is 9.88. The highest BCUT2D eigenvalue weighted by Gasteiger charge is 2.26. The summed E-state index contributed by atoms with van der Waals surface area (Å²) in [6.45, 7) is 5.62. The smallest absolute Gasteiger partial charge is 0.405 e. The third-order valence-corrected chi connectivity index (χ3v) is 4.57. The zero-order valence-corrected chi connectivity index (χ0v) is 14.2. The second-order valence-corrected chi connectivity index (χ2v) is 6.92. The van der Waals surface area contributed by atoms with E-state index < -0.39 is 11.7 Å². The molecule has 2 N–H and O–H groups in total. The van der Waals surface area contributed by atoms with Gasteiger partial charge in [-0.15, -0.1) is 0 Å². The number of nitrogens with zero attached hydrogens (tertiary/aromatic N) is 2. The molecule has 7 heteroatoms. The molecule has 0 saturated carbocycles. The molecular weight excluding hydrogens is 310 g/mol. The van der Waals surface area contributed by atoms with E-state index in [1.807, 2.05) is 26.0 Å². The van der Waals surface area contributed by atoms with Crippen molar-refractivity contribution in [3.63, 3.8) is 0 Å². The van der Waals surface area contributed by atoms with E-state index in [2.05, 4.69) is 4.90 Å². The summed E-state index contributed by atoms with van der Waals surface area (Å²) in [5.41, 5.74) is 5.70. The molecule has 1 aliphatic heterocycles. The van der Waals surface area contributed by atoms with Crippen molar-refractivity contribution in [2.24, 2.45) is 11.7 Å². The number of primary amides is 1. The first kappa shape index (κ1) is 18.0. The number of anilines is 1. The number of amides is 1. The topological polar surface area (TPSA) is 98.7 Å². The predicted octanol–water partition coefficient (Wildman–Crippen LogP) is 3.47. The fourth-order valence-electron chi connectivity index (χ4n) is 3.14. The number of carbonyl (C=O) groups excluding carboxylic acids is 1. The average Bonchev–Trinajstić information content (AvgIpc) is 2.52. The number of nitro benzene ring substituents is 1. The Hall–Kier alpha value is -2.31. The molecule has 1 amide bonds. The molecule has 1 aromatic rings. The maximum atomic E-state index is 10.9. The molecule has 0 unspecified atom stereocenters. The van der Waals surface area contributed by atoms with Crippen LogP contribution in [0.15, 0.2) is 24.3 Å². The van der Waals surface area contributed by atoms with E-state index in [4.69, 9.17) is 10.5 Å². The van der Waals surface area contributed by atoms with Gasteiger partial charge in [0.2, 0.25) is 0 Å². The monoisotopic (exact) mass is 335 g/mol. The quantitative estimate of drug-likeness (QED) is 0.634. The van der Waals surface area contributed by atoms with Crippen LogP contribution in [0.5, 0.6) is 0 Å². The Morgan fingerprint density at radius 3 is 2.42 bits per heavy atom. The largest absolute Gasteiger partial charge is 0.444 e. The molecule has 1 saturated heterocycles. The molecule has 0 spiro atoms.